The molecule has 0 aliphatic rings. The molecule has 0 fully saturated rings. The average Bonchev–Trinajstić information content (AvgIpc) is 2.66. The van der Waals surface area contributed by atoms with E-state index in [2.05, 4.69) is 17.2 Å². The van der Waals surface area contributed by atoms with Gasteiger partial charge in [0.25, 0.3) is 0 Å². The van der Waals surface area contributed by atoms with Crippen molar-refractivity contribution in [2.45, 2.75) is 32.9 Å². The second-order valence-corrected chi connectivity index (χ2v) is 5.74. The summed E-state index contributed by atoms with van der Waals surface area (Å²) in [5.74, 6) is 1.88. The van der Waals surface area contributed by atoms with Crippen LogP contribution < -0.4 is 20.5 Å². The van der Waals surface area contributed by atoms with Gasteiger partial charge in [-0.2, -0.15) is 0 Å². The molecule has 0 bridgehead atoms. The monoisotopic (exact) mass is 341 g/mol. The number of hydrogen-bond donors (Lipinski definition) is 2. The van der Waals surface area contributed by atoms with Crippen LogP contribution in [0, 0.1) is 0 Å². The standard InChI is InChI=1S/C20H27N3O2/c1-3-4-12-22-20(21)23-14-17-10-11-18(19(13-17)24-2)25-15-16-8-6-5-7-9-16/h5-11,13H,3-4,12,14-15H2,1-2H3,(H3,21,22,23). The van der Waals surface area contributed by atoms with Crippen LogP contribution in [0.15, 0.2) is 53.5 Å². The third-order valence-electron chi connectivity index (χ3n) is 3.73. The lowest BCUT2D eigenvalue weighted by atomic mass is 10.2. The Balaban J connectivity index is 1.95. The molecule has 2 aromatic carbocycles. The minimum Gasteiger partial charge on any atom is -0.493 e. The zero-order valence-corrected chi connectivity index (χ0v) is 15.0. The molecule has 5 heteroatoms. The highest BCUT2D eigenvalue weighted by molar-refractivity contribution is 5.77. The summed E-state index contributed by atoms with van der Waals surface area (Å²) in [6, 6.07) is 15.9. The molecular weight excluding hydrogens is 314 g/mol. The number of guanidine groups is 1. The van der Waals surface area contributed by atoms with E-state index >= 15 is 0 Å². The van der Waals surface area contributed by atoms with E-state index in [1.807, 2.05) is 48.5 Å². The molecule has 0 atom stereocenters. The summed E-state index contributed by atoms with van der Waals surface area (Å²) in [7, 11) is 1.64. The van der Waals surface area contributed by atoms with Gasteiger partial charge in [-0.3, -0.25) is 0 Å². The summed E-state index contributed by atoms with van der Waals surface area (Å²) >= 11 is 0. The predicted molar refractivity (Wildman–Crippen MR) is 102 cm³/mol. The maximum atomic E-state index is 5.86. The van der Waals surface area contributed by atoms with Crippen LogP contribution in [0.2, 0.25) is 0 Å². The van der Waals surface area contributed by atoms with Gasteiger partial charge in [0.1, 0.15) is 6.61 Å². The zero-order valence-electron chi connectivity index (χ0n) is 15.0. The van der Waals surface area contributed by atoms with Crippen LogP contribution in [0.5, 0.6) is 11.5 Å². The lowest BCUT2D eigenvalue weighted by molar-refractivity contribution is 0.284. The Morgan fingerprint density at radius 3 is 2.60 bits per heavy atom. The average molecular weight is 341 g/mol. The highest BCUT2D eigenvalue weighted by atomic mass is 16.5. The van der Waals surface area contributed by atoms with Crippen LogP contribution in [0.4, 0.5) is 0 Å². The number of methoxy groups -OCH3 is 1. The van der Waals surface area contributed by atoms with Gasteiger partial charge in [-0.05, 0) is 29.7 Å². The van der Waals surface area contributed by atoms with Crippen molar-refractivity contribution < 1.29 is 9.47 Å². The van der Waals surface area contributed by atoms with Gasteiger partial charge in [-0.1, -0.05) is 49.7 Å². The first-order valence-corrected chi connectivity index (χ1v) is 8.60. The van der Waals surface area contributed by atoms with E-state index in [0.717, 1.165) is 30.5 Å². The highest BCUT2D eigenvalue weighted by Gasteiger charge is 2.06. The van der Waals surface area contributed by atoms with Crippen LogP contribution in [0.25, 0.3) is 0 Å². The number of nitrogens with one attached hydrogen (secondary N) is 1. The Bertz CT molecular complexity index is 672. The number of unbranched alkanes of at least 4 members (excludes halogenated alkanes) is 1. The normalized spacial score (nSPS) is 11.2. The van der Waals surface area contributed by atoms with E-state index in [9.17, 15) is 0 Å². The Labute approximate surface area is 149 Å². The first-order valence-electron chi connectivity index (χ1n) is 8.60. The van der Waals surface area contributed by atoms with Crippen molar-refractivity contribution in [3.63, 3.8) is 0 Å². The number of aliphatic imine (C=N–C) groups is 1. The number of nitrogens with two attached hydrogens (primary N) is 1. The summed E-state index contributed by atoms with van der Waals surface area (Å²) in [5, 5.41) is 3.10. The molecule has 0 heterocycles. The smallest absolute Gasteiger partial charge is 0.188 e. The van der Waals surface area contributed by atoms with Crippen molar-refractivity contribution in [2.75, 3.05) is 13.7 Å². The van der Waals surface area contributed by atoms with E-state index in [-0.39, 0.29) is 0 Å². The number of benzene rings is 2. The number of rotatable bonds is 9. The van der Waals surface area contributed by atoms with Crippen LogP contribution in [-0.2, 0) is 13.2 Å². The first-order chi connectivity index (χ1) is 12.2. The molecule has 0 saturated carbocycles. The van der Waals surface area contributed by atoms with E-state index < -0.39 is 0 Å². The van der Waals surface area contributed by atoms with Crippen molar-refractivity contribution in [3.05, 3.63) is 59.7 Å². The quantitative estimate of drug-likeness (QED) is 0.416. The van der Waals surface area contributed by atoms with Gasteiger partial charge in [0.15, 0.2) is 17.5 Å². The molecule has 0 saturated heterocycles. The van der Waals surface area contributed by atoms with Crippen molar-refractivity contribution in [3.8, 4) is 11.5 Å². The fourth-order valence-electron chi connectivity index (χ4n) is 2.29. The molecule has 0 unspecified atom stereocenters. The Kier molecular flexibility index (Phi) is 7.63. The van der Waals surface area contributed by atoms with Gasteiger partial charge in [-0.25, -0.2) is 4.99 Å². The van der Waals surface area contributed by atoms with Gasteiger partial charge in [0.2, 0.25) is 0 Å². The third-order valence-corrected chi connectivity index (χ3v) is 3.73. The fraction of sp³-hybridized carbons (Fsp3) is 0.350. The molecule has 2 aromatic rings. The van der Waals surface area contributed by atoms with E-state index in [0.29, 0.717) is 30.6 Å². The first kappa shape index (κ1) is 18.6. The highest BCUT2D eigenvalue weighted by Crippen LogP contribution is 2.29. The van der Waals surface area contributed by atoms with Crippen LogP contribution >= 0.6 is 0 Å². The molecule has 0 aromatic heterocycles. The zero-order chi connectivity index (χ0) is 17.9. The lowest BCUT2D eigenvalue weighted by Crippen LogP contribution is -2.32. The predicted octanol–water partition coefficient (Wildman–Crippen LogP) is 3.48. The molecule has 0 aliphatic heterocycles. The molecule has 0 spiro atoms. The molecule has 0 amide bonds. The van der Waals surface area contributed by atoms with Gasteiger partial charge in [-0.15, -0.1) is 0 Å². The number of ether oxygens (including phenoxy) is 2. The van der Waals surface area contributed by atoms with Crippen LogP contribution in [0.1, 0.15) is 30.9 Å². The SMILES string of the molecule is CCCCNC(N)=NCc1ccc(OCc2ccccc2)c(OC)c1. The van der Waals surface area contributed by atoms with Gasteiger partial charge in [0, 0.05) is 6.54 Å². The van der Waals surface area contributed by atoms with E-state index in [1.165, 1.54) is 0 Å². The van der Waals surface area contributed by atoms with Gasteiger partial charge in [0.05, 0.1) is 13.7 Å². The van der Waals surface area contributed by atoms with Crippen molar-refractivity contribution in [1.82, 2.24) is 5.32 Å². The maximum Gasteiger partial charge on any atom is 0.188 e. The van der Waals surface area contributed by atoms with Gasteiger partial charge < -0.3 is 20.5 Å². The summed E-state index contributed by atoms with van der Waals surface area (Å²) in [6.45, 7) is 3.99. The molecule has 3 N–H and O–H groups in total. The van der Waals surface area contributed by atoms with Crippen molar-refractivity contribution >= 4 is 5.96 Å². The molecule has 0 aliphatic carbocycles. The summed E-state index contributed by atoms with van der Waals surface area (Å²) in [4.78, 5) is 4.35. The number of nitrogens with zero attached hydrogens (tertiary/aromatic N) is 1. The second kappa shape index (κ2) is 10.2. The summed E-state index contributed by atoms with van der Waals surface area (Å²) in [6.07, 6.45) is 2.21. The minimum absolute atomic E-state index is 0.469. The molecule has 134 valence electrons. The lowest BCUT2D eigenvalue weighted by Gasteiger charge is -2.12. The van der Waals surface area contributed by atoms with Gasteiger partial charge >= 0.3 is 0 Å². The van der Waals surface area contributed by atoms with Crippen LogP contribution in [-0.4, -0.2) is 19.6 Å². The minimum atomic E-state index is 0.469. The fourth-order valence-corrected chi connectivity index (χ4v) is 2.29. The topological polar surface area (TPSA) is 68.9 Å². The third kappa shape index (κ3) is 6.37. The molecule has 2 rings (SSSR count). The Hall–Kier alpha value is -2.69. The molecule has 5 nitrogen and oxygen atoms in total. The molecule has 0 radical (unpaired) electrons. The van der Waals surface area contributed by atoms with E-state index in [1.54, 1.807) is 7.11 Å². The number of hydrogen-bond acceptors (Lipinski definition) is 3. The van der Waals surface area contributed by atoms with E-state index in [4.69, 9.17) is 15.2 Å². The Morgan fingerprint density at radius 2 is 1.88 bits per heavy atom. The van der Waals surface area contributed by atoms with Crippen LogP contribution in [0.3, 0.4) is 0 Å². The Morgan fingerprint density at radius 1 is 1.08 bits per heavy atom. The molecular formula is C20H27N3O2. The maximum absolute atomic E-state index is 5.86. The summed E-state index contributed by atoms with van der Waals surface area (Å²) < 4.78 is 11.3. The summed E-state index contributed by atoms with van der Waals surface area (Å²) in [5.41, 5.74) is 7.99. The largest absolute Gasteiger partial charge is 0.493 e. The molecule has 25 heavy (non-hydrogen) atoms. The van der Waals surface area contributed by atoms with Crippen molar-refractivity contribution in [1.29, 1.82) is 0 Å². The van der Waals surface area contributed by atoms with Crippen molar-refractivity contribution in [2.24, 2.45) is 10.7 Å². The second-order valence-electron chi connectivity index (χ2n) is 5.74.